The highest BCUT2D eigenvalue weighted by Gasteiger charge is 2.06. The van der Waals surface area contributed by atoms with Gasteiger partial charge in [0.25, 0.3) is 0 Å². The fraction of sp³-hybridized carbons (Fsp3) is 0.143. The van der Waals surface area contributed by atoms with E-state index in [2.05, 4.69) is 20.9 Å². The maximum atomic E-state index is 7.36. The van der Waals surface area contributed by atoms with Crippen molar-refractivity contribution < 1.29 is 4.74 Å². The molecule has 0 unspecified atom stereocenters. The number of benzene rings is 1. The van der Waals surface area contributed by atoms with Gasteiger partial charge in [0, 0.05) is 16.7 Å². The van der Waals surface area contributed by atoms with Gasteiger partial charge in [-0.3, -0.25) is 10.4 Å². The number of nitrogens with one attached hydrogen (secondary N) is 1. The highest BCUT2D eigenvalue weighted by atomic mass is 79.9. The summed E-state index contributed by atoms with van der Waals surface area (Å²) >= 11 is 3.52. The SMILES string of the molecule is Cc1cc(Oc2ccnc(C(=N)N)c2)cc(C)c1Br. The van der Waals surface area contributed by atoms with E-state index in [4.69, 9.17) is 15.9 Å². The normalized spacial score (nSPS) is 10.3. The van der Waals surface area contributed by atoms with Crippen molar-refractivity contribution >= 4 is 21.8 Å². The average molecular weight is 320 g/mol. The minimum atomic E-state index is -0.0754. The van der Waals surface area contributed by atoms with Gasteiger partial charge in [-0.05, 0) is 43.2 Å². The molecule has 3 N–H and O–H groups in total. The standard InChI is InChI=1S/C14H14BrN3O/c1-8-5-11(6-9(2)13(8)15)19-10-3-4-18-12(7-10)14(16)17/h3-7H,1-2H3,(H3,16,17). The number of halogens is 1. The fourth-order valence-corrected chi connectivity index (χ4v) is 1.95. The lowest BCUT2D eigenvalue weighted by molar-refractivity contribution is 0.481. The summed E-state index contributed by atoms with van der Waals surface area (Å²) in [6.45, 7) is 4.02. The molecule has 5 heteroatoms. The van der Waals surface area contributed by atoms with Crippen molar-refractivity contribution in [1.29, 1.82) is 5.41 Å². The van der Waals surface area contributed by atoms with E-state index in [9.17, 15) is 0 Å². The van der Waals surface area contributed by atoms with Gasteiger partial charge < -0.3 is 10.5 Å². The molecule has 0 radical (unpaired) electrons. The number of nitrogens with two attached hydrogens (primary N) is 1. The van der Waals surface area contributed by atoms with Gasteiger partial charge in [0.1, 0.15) is 23.0 Å². The zero-order chi connectivity index (χ0) is 14.0. The maximum Gasteiger partial charge on any atom is 0.141 e. The molecule has 0 atom stereocenters. The molecule has 2 aromatic rings. The first-order valence-corrected chi connectivity index (χ1v) is 6.51. The molecule has 0 saturated heterocycles. The summed E-state index contributed by atoms with van der Waals surface area (Å²) in [6.07, 6.45) is 1.57. The van der Waals surface area contributed by atoms with Crippen LogP contribution in [0.15, 0.2) is 34.9 Å². The smallest absolute Gasteiger partial charge is 0.141 e. The van der Waals surface area contributed by atoms with Crippen LogP contribution in [0.2, 0.25) is 0 Å². The largest absolute Gasteiger partial charge is 0.457 e. The Balaban J connectivity index is 2.31. The van der Waals surface area contributed by atoms with Crippen LogP contribution in [0.1, 0.15) is 16.8 Å². The molecule has 0 bridgehead atoms. The van der Waals surface area contributed by atoms with Crippen LogP contribution in [0.4, 0.5) is 0 Å². The molecule has 1 aromatic heterocycles. The number of aryl methyl sites for hydroxylation is 2. The molecule has 1 aromatic carbocycles. The van der Waals surface area contributed by atoms with E-state index in [1.165, 1.54) is 0 Å². The van der Waals surface area contributed by atoms with Crippen molar-refractivity contribution in [3.63, 3.8) is 0 Å². The Kier molecular flexibility index (Phi) is 3.85. The summed E-state index contributed by atoms with van der Waals surface area (Å²) in [6, 6.07) is 7.28. The van der Waals surface area contributed by atoms with E-state index >= 15 is 0 Å². The number of nitrogen functional groups attached to an aromatic ring is 1. The van der Waals surface area contributed by atoms with Crippen LogP contribution in [-0.4, -0.2) is 10.8 Å². The molecule has 0 saturated carbocycles. The van der Waals surface area contributed by atoms with Gasteiger partial charge in [0.15, 0.2) is 0 Å². The molecule has 0 spiro atoms. The molecular formula is C14H14BrN3O. The maximum absolute atomic E-state index is 7.36. The molecular weight excluding hydrogens is 306 g/mol. The molecule has 0 aliphatic rings. The first-order valence-electron chi connectivity index (χ1n) is 5.72. The Hall–Kier alpha value is -1.88. The number of aromatic nitrogens is 1. The van der Waals surface area contributed by atoms with Gasteiger partial charge in [0.2, 0.25) is 0 Å². The first kappa shape index (κ1) is 13.5. The van der Waals surface area contributed by atoms with Crippen molar-refractivity contribution in [1.82, 2.24) is 4.98 Å². The molecule has 19 heavy (non-hydrogen) atoms. The van der Waals surface area contributed by atoms with Crippen LogP contribution < -0.4 is 10.5 Å². The minimum absolute atomic E-state index is 0.0754. The van der Waals surface area contributed by atoms with Crippen LogP contribution in [0.3, 0.4) is 0 Å². The number of hydrogen-bond donors (Lipinski definition) is 2. The lowest BCUT2D eigenvalue weighted by Gasteiger charge is -2.10. The van der Waals surface area contributed by atoms with Gasteiger partial charge in [-0.2, -0.15) is 0 Å². The number of ether oxygens (including phenoxy) is 1. The third-order valence-electron chi connectivity index (χ3n) is 2.65. The number of hydrogen-bond acceptors (Lipinski definition) is 3. The molecule has 2 rings (SSSR count). The molecule has 0 aliphatic carbocycles. The summed E-state index contributed by atoms with van der Waals surface area (Å²) in [5.41, 5.74) is 8.02. The van der Waals surface area contributed by atoms with E-state index in [0.29, 0.717) is 11.4 Å². The van der Waals surface area contributed by atoms with Crippen LogP contribution in [-0.2, 0) is 0 Å². The van der Waals surface area contributed by atoms with Crippen LogP contribution in [0.5, 0.6) is 11.5 Å². The van der Waals surface area contributed by atoms with Crippen LogP contribution >= 0.6 is 15.9 Å². The zero-order valence-electron chi connectivity index (χ0n) is 10.7. The third-order valence-corrected chi connectivity index (χ3v) is 3.90. The van der Waals surface area contributed by atoms with Gasteiger partial charge >= 0.3 is 0 Å². The van der Waals surface area contributed by atoms with Gasteiger partial charge in [-0.25, -0.2) is 0 Å². The topological polar surface area (TPSA) is 72.0 Å². The van der Waals surface area contributed by atoms with Crippen molar-refractivity contribution in [3.8, 4) is 11.5 Å². The molecule has 0 aliphatic heterocycles. The Labute approximate surface area is 120 Å². The summed E-state index contributed by atoms with van der Waals surface area (Å²) in [5.74, 6) is 1.29. The Morgan fingerprint density at radius 1 is 1.21 bits per heavy atom. The summed E-state index contributed by atoms with van der Waals surface area (Å²) in [5, 5.41) is 7.36. The summed E-state index contributed by atoms with van der Waals surface area (Å²) in [4.78, 5) is 3.99. The van der Waals surface area contributed by atoms with E-state index in [0.717, 1.165) is 21.3 Å². The second kappa shape index (κ2) is 5.40. The first-order chi connectivity index (χ1) is 8.97. The molecule has 0 amide bonds. The van der Waals surface area contributed by atoms with Gasteiger partial charge in [0.05, 0.1) is 0 Å². The van der Waals surface area contributed by atoms with Gasteiger partial charge in [-0.15, -0.1) is 0 Å². The Morgan fingerprint density at radius 3 is 2.42 bits per heavy atom. The van der Waals surface area contributed by atoms with Crippen molar-refractivity contribution in [2.45, 2.75) is 13.8 Å². The van der Waals surface area contributed by atoms with Crippen LogP contribution in [0, 0.1) is 19.3 Å². The number of rotatable bonds is 3. The number of amidine groups is 1. The van der Waals surface area contributed by atoms with E-state index in [1.807, 2.05) is 26.0 Å². The molecule has 98 valence electrons. The van der Waals surface area contributed by atoms with E-state index in [-0.39, 0.29) is 5.84 Å². The Bertz CT molecular complexity index is 617. The van der Waals surface area contributed by atoms with Crippen molar-refractivity contribution in [2.24, 2.45) is 5.73 Å². The fourth-order valence-electron chi connectivity index (χ4n) is 1.72. The minimum Gasteiger partial charge on any atom is -0.457 e. The number of pyridine rings is 1. The third kappa shape index (κ3) is 3.12. The second-order valence-corrected chi connectivity index (χ2v) is 5.06. The van der Waals surface area contributed by atoms with Crippen molar-refractivity contribution in [2.75, 3.05) is 0 Å². The molecule has 4 nitrogen and oxygen atoms in total. The average Bonchev–Trinajstić information content (AvgIpc) is 2.36. The Morgan fingerprint density at radius 2 is 1.84 bits per heavy atom. The number of nitrogens with zero attached hydrogens (tertiary/aromatic N) is 1. The van der Waals surface area contributed by atoms with Gasteiger partial charge in [-0.1, -0.05) is 15.9 Å². The van der Waals surface area contributed by atoms with Crippen LogP contribution in [0.25, 0.3) is 0 Å². The predicted octanol–water partition coefficient (Wildman–Crippen LogP) is 3.54. The molecule has 0 fully saturated rings. The zero-order valence-corrected chi connectivity index (χ0v) is 12.3. The lowest BCUT2D eigenvalue weighted by atomic mass is 10.1. The highest BCUT2D eigenvalue weighted by Crippen LogP contribution is 2.29. The highest BCUT2D eigenvalue weighted by molar-refractivity contribution is 9.10. The van der Waals surface area contributed by atoms with E-state index < -0.39 is 0 Å². The van der Waals surface area contributed by atoms with E-state index in [1.54, 1.807) is 18.3 Å². The molecule has 1 heterocycles. The van der Waals surface area contributed by atoms with Crippen molar-refractivity contribution in [3.05, 3.63) is 51.8 Å². The lowest BCUT2D eigenvalue weighted by Crippen LogP contribution is -2.12. The summed E-state index contributed by atoms with van der Waals surface area (Å²) in [7, 11) is 0. The predicted molar refractivity (Wildman–Crippen MR) is 78.9 cm³/mol. The second-order valence-electron chi connectivity index (χ2n) is 4.26. The summed E-state index contributed by atoms with van der Waals surface area (Å²) < 4.78 is 6.86. The monoisotopic (exact) mass is 319 g/mol. The quantitative estimate of drug-likeness (QED) is 0.671.